The number of methoxy groups -OCH3 is 1. The van der Waals surface area contributed by atoms with Crippen LogP contribution in [0.3, 0.4) is 0 Å². The monoisotopic (exact) mass is 521 g/mol. The molecule has 2 heterocycles. The molecule has 1 aromatic heterocycles. The summed E-state index contributed by atoms with van der Waals surface area (Å²) in [7, 11) is 1.32. The third kappa shape index (κ3) is 6.13. The van der Waals surface area contributed by atoms with Crippen molar-refractivity contribution in [1.29, 1.82) is 0 Å². The van der Waals surface area contributed by atoms with Gasteiger partial charge in [-0.15, -0.1) is 0 Å². The summed E-state index contributed by atoms with van der Waals surface area (Å²) in [6.45, 7) is 7.77. The number of aromatic nitrogens is 1. The molecule has 1 atom stereocenters. The lowest BCUT2D eigenvalue weighted by Gasteiger charge is -2.46. The molecule has 3 N–H and O–H groups in total. The minimum Gasteiger partial charge on any atom is -0.465 e. The molecule has 0 aliphatic carbocycles. The Bertz CT molecular complexity index is 1290. The second kappa shape index (κ2) is 11.0. The van der Waals surface area contributed by atoms with Gasteiger partial charge < -0.3 is 30.3 Å². The van der Waals surface area contributed by atoms with E-state index in [1.807, 2.05) is 45.0 Å². The number of rotatable bonds is 6. The number of carbonyl (C=O) groups is 2. The number of esters is 1. The lowest BCUT2D eigenvalue weighted by Crippen LogP contribution is -2.59. The van der Waals surface area contributed by atoms with Crippen molar-refractivity contribution in [2.45, 2.75) is 26.8 Å². The van der Waals surface area contributed by atoms with Gasteiger partial charge in [-0.05, 0) is 53.9 Å². The normalized spacial score (nSPS) is 15.7. The lowest BCUT2D eigenvalue weighted by molar-refractivity contribution is 0.0600. The van der Waals surface area contributed by atoms with E-state index in [1.54, 1.807) is 30.3 Å². The molecular formula is C28H32FN5O4. The molecule has 9 nitrogen and oxygen atoms in total. The Balaban J connectivity index is 1.44. The highest BCUT2D eigenvalue weighted by atomic mass is 19.1. The molecular weight excluding hydrogens is 489 g/mol. The first kappa shape index (κ1) is 26.7. The Kier molecular flexibility index (Phi) is 7.70. The zero-order valence-corrected chi connectivity index (χ0v) is 21.9. The molecule has 2 aromatic carbocycles. The molecule has 1 aliphatic heterocycles. The van der Waals surface area contributed by atoms with Crippen molar-refractivity contribution in [1.82, 2.24) is 9.88 Å². The van der Waals surface area contributed by atoms with Crippen LogP contribution < -0.4 is 15.5 Å². The van der Waals surface area contributed by atoms with E-state index in [-0.39, 0.29) is 17.1 Å². The fourth-order valence-electron chi connectivity index (χ4n) is 4.46. The predicted octanol–water partition coefficient (Wildman–Crippen LogP) is 5.71. The van der Waals surface area contributed by atoms with E-state index in [2.05, 4.69) is 20.5 Å². The number of carbonyl (C=O) groups excluding carboxylic acids is 1. The van der Waals surface area contributed by atoms with Crippen molar-refractivity contribution in [3.05, 3.63) is 72.2 Å². The molecule has 0 saturated carbocycles. The van der Waals surface area contributed by atoms with E-state index in [1.165, 1.54) is 12.0 Å². The standard InChI is InChI=1S/C28H32FN5O4/c1-28(2,3)24-17-33(13-14-34(24)27(36)37)21-11-9-19(10-12-21)31-23-15-25(30-16-22(23)29)32-20-7-5-18(6-8-20)26(35)38-4/h5-12,15-16,24H,13-14,17H2,1-4H3,(H,36,37)(H2,30,31,32). The second-order valence-corrected chi connectivity index (χ2v) is 10.2. The summed E-state index contributed by atoms with van der Waals surface area (Å²) in [5.74, 6) is -0.496. The maximum atomic E-state index is 14.5. The van der Waals surface area contributed by atoms with Crippen molar-refractivity contribution >= 4 is 40.6 Å². The summed E-state index contributed by atoms with van der Waals surface area (Å²) < 4.78 is 19.2. The van der Waals surface area contributed by atoms with Gasteiger partial charge in [0.25, 0.3) is 0 Å². The van der Waals surface area contributed by atoms with Gasteiger partial charge in [-0.1, -0.05) is 20.8 Å². The highest BCUT2D eigenvalue weighted by Crippen LogP contribution is 2.31. The number of pyridine rings is 1. The van der Waals surface area contributed by atoms with Crippen LogP contribution in [0.1, 0.15) is 31.1 Å². The highest BCUT2D eigenvalue weighted by molar-refractivity contribution is 5.89. The summed E-state index contributed by atoms with van der Waals surface area (Å²) in [6.07, 6.45) is 0.242. The molecule has 200 valence electrons. The zero-order chi connectivity index (χ0) is 27.4. The third-order valence-corrected chi connectivity index (χ3v) is 6.57. The molecule has 38 heavy (non-hydrogen) atoms. The SMILES string of the molecule is COC(=O)c1ccc(Nc2cc(Nc3ccc(N4CCN(C(=O)O)C(C(C)(C)C)C4)cc3)c(F)cn2)cc1. The molecule has 1 fully saturated rings. The average Bonchev–Trinajstić information content (AvgIpc) is 2.90. The van der Waals surface area contributed by atoms with Gasteiger partial charge in [0.05, 0.1) is 30.6 Å². The van der Waals surface area contributed by atoms with Crippen LogP contribution >= 0.6 is 0 Å². The van der Waals surface area contributed by atoms with Crippen molar-refractivity contribution in [2.75, 3.05) is 42.3 Å². The van der Waals surface area contributed by atoms with Crippen LogP contribution in [-0.4, -0.2) is 59.8 Å². The molecule has 1 amide bonds. The molecule has 10 heteroatoms. The van der Waals surface area contributed by atoms with E-state index in [9.17, 15) is 19.1 Å². The van der Waals surface area contributed by atoms with Crippen LogP contribution in [0, 0.1) is 11.2 Å². The maximum Gasteiger partial charge on any atom is 0.407 e. The van der Waals surface area contributed by atoms with Crippen molar-refractivity contribution in [3.8, 4) is 0 Å². The number of nitrogens with one attached hydrogen (secondary N) is 2. The van der Waals surface area contributed by atoms with Gasteiger partial charge in [-0.3, -0.25) is 0 Å². The largest absolute Gasteiger partial charge is 0.465 e. The summed E-state index contributed by atoms with van der Waals surface area (Å²) >= 11 is 0. The lowest BCUT2D eigenvalue weighted by atomic mass is 9.84. The topological polar surface area (TPSA) is 107 Å². The number of piperazine rings is 1. The van der Waals surface area contributed by atoms with Crippen LogP contribution in [0.15, 0.2) is 60.8 Å². The molecule has 0 bridgehead atoms. The number of ether oxygens (including phenoxy) is 1. The van der Waals surface area contributed by atoms with Crippen molar-refractivity contribution in [3.63, 3.8) is 0 Å². The summed E-state index contributed by atoms with van der Waals surface area (Å²) in [6, 6.07) is 15.7. The number of hydrogen-bond donors (Lipinski definition) is 3. The van der Waals surface area contributed by atoms with E-state index in [0.29, 0.717) is 42.4 Å². The fourth-order valence-corrected chi connectivity index (χ4v) is 4.46. The summed E-state index contributed by atoms with van der Waals surface area (Å²) in [5.41, 5.74) is 2.83. The van der Waals surface area contributed by atoms with Crippen LogP contribution in [0.4, 0.5) is 37.8 Å². The molecule has 1 unspecified atom stereocenters. The molecule has 1 aliphatic rings. The molecule has 0 spiro atoms. The van der Waals surface area contributed by atoms with Crippen LogP contribution in [0.5, 0.6) is 0 Å². The Morgan fingerprint density at radius 1 is 1.03 bits per heavy atom. The van der Waals surface area contributed by atoms with E-state index < -0.39 is 17.9 Å². The third-order valence-electron chi connectivity index (χ3n) is 6.57. The van der Waals surface area contributed by atoms with E-state index in [4.69, 9.17) is 4.74 Å². The number of halogens is 1. The van der Waals surface area contributed by atoms with Gasteiger partial charge in [0, 0.05) is 42.8 Å². The van der Waals surface area contributed by atoms with Gasteiger partial charge in [-0.25, -0.2) is 19.0 Å². The van der Waals surface area contributed by atoms with Crippen LogP contribution in [0.2, 0.25) is 0 Å². The molecule has 4 rings (SSSR count). The number of anilines is 5. The average molecular weight is 522 g/mol. The Labute approximate surface area is 221 Å². The Morgan fingerprint density at radius 2 is 1.66 bits per heavy atom. The summed E-state index contributed by atoms with van der Waals surface area (Å²) in [5, 5.41) is 15.8. The Hall–Kier alpha value is -4.34. The van der Waals surface area contributed by atoms with Gasteiger partial charge >= 0.3 is 12.1 Å². The van der Waals surface area contributed by atoms with Gasteiger partial charge in [0.1, 0.15) is 5.82 Å². The van der Waals surface area contributed by atoms with Crippen molar-refractivity contribution < 1.29 is 23.8 Å². The van der Waals surface area contributed by atoms with E-state index in [0.717, 1.165) is 11.9 Å². The molecule has 0 radical (unpaired) electrons. The predicted molar refractivity (Wildman–Crippen MR) is 145 cm³/mol. The van der Waals surface area contributed by atoms with Gasteiger partial charge in [-0.2, -0.15) is 0 Å². The number of benzene rings is 2. The second-order valence-electron chi connectivity index (χ2n) is 10.2. The number of carboxylic acid groups (broad SMARTS) is 1. The quantitative estimate of drug-likeness (QED) is 0.354. The van der Waals surface area contributed by atoms with E-state index >= 15 is 0 Å². The first-order valence-electron chi connectivity index (χ1n) is 12.3. The maximum absolute atomic E-state index is 14.5. The number of amides is 1. The molecule has 3 aromatic rings. The number of hydrogen-bond acceptors (Lipinski definition) is 7. The van der Waals surface area contributed by atoms with Crippen LogP contribution in [0.25, 0.3) is 0 Å². The minimum absolute atomic E-state index is 0.139. The fraction of sp³-hybridized carbons (Fsp3) is 0.321. The van der Waals surface area contributed by atoms with Crippen LogP contribution in [-0.2, 0) is 4.74 Å². The Morgan fingerprint density at radius 3 is 2.26 bits per heavy atom. The van der Waals surface area contributed by atoms with Crippen molar-refractivity contribution in [2.24, 2.45) is 5.41 Å². The smallest absolute Gasteiger partial charge is 0.407 e. The minimum atomic E-state index is -0.893. The van der Waals surface area contributed by atoms with Gasteiger partial charge in [0.2, 0.25) is 0 Å². The summed E-state index contributed by atoms with van der Waals surface area (Å²) in [4.78, 5) is 31.1. The highest BCUT2D eigenvalue weighted by Gasteiger charge is 2.38. The first-order chi connectivity index (χ1) is 18.0. The number of nitrogens with zero attached hydrogens (tertiary/aromatic N) is 3. The zero-order valence-electron chi connectivity index (χ0n) is 21.9. The first-order valence-corrected chi connectivity index (χ1v) is 12.3. The molecule has 1 saturated heterocycles. The van der Waals surface area contributed by atoms with Gasteiger partial charge in [0.15, 0.2) is 5.82 Å².